The number of Topliss-reactive ketones (excluding diaryl/α,β-unsaturated/α-hetero) is 1. The molecule has 0 unspecified atom stereocenters. The number of carbonyl (C=O) groups is 3. The number of aromatic nitrogens is 2. The number of hydrogen-bond donors (Lipinski definition) is 2. The van der Waals surface area contributed by atoms with Crippen LogP contribution >= 0.6 is 0 Å². The molecule has 1 aromatic carbocycles. The highest BCUT2D eigenvalue weighted by Gasteiger charge is 2.30. The van der Waals surface area contributed by atoms with Crippen LogP contribution in [0.1, 0.15) is 49.7 Å². The third kappa shape index (κ3) is 2.16. The van der Waals surface area contributed by atoms with Gasteiger partial charge in [-0.3, -0.25) is 4.79 Å². The van der Waals surface area contributed by atoms with Gasteiger partial charge in [-0.05, 0) is 37.1 Å². The number of ketones is 1. The Balaban J connectivity index is 2.15. The molecule has 1 aliphatic rings. The van der Waals surface area contributed by atoms with Crippen molar-refractivity contribution < 1.29 is 24.6 Å². The molecule has 1 heterocycles. The van der Waals surface area contributed by atoms with Gasteiger partial charge in [0.25, 0.3) is 0 Å². The second kappa shape index (κ2) is 5.10. The first-order chi connectivity index (χ1) is 10.5. The van der Waals surface area contributed by atoms with E-state index in [1.165, 1.54) is 16.8 Å². The van der Waals surface area contributed by atoms with Crippen molar-refractivity contribution in [3.05, 3.63) is 46.8 Å². The molecular weight excluding hydrogens is 288 g/mol. The second-order valence-electron chi connectivity index (χ2n) is 5.02. The molecule has 0 spiro atoms. The normalized spacial score (nSPS) is 13.7. The average Bonchev–Trinajstić information content (AvgIpc) is 2.88. The molecule has 0 atom stereocenters. The van der Waals surface area contributed by atoms with Crippen LogP contribution in [0, 0.1) is 0 Å². The molecule has 0 saturated heterocycles. The number of hydrogen-bond acceptors (Lipinski definition) is 4. The molecule has 1 aliphatic carbocycles. The van der Waals surface area contributed by atoms with E-state index in [0.29, 0.717) is 30.6 Å². The van der Waals surface area contributed by atoms with E-state index in [9.17, 15) is 19.5 Å². The standard InChI is InChI=1S/C15H12N2O5/c18-11-3-1-2-10-12(11)13(15(21)22)16-17(10)9-6-4-8(5-7-9)14(19)20/h4-7H,1-3H2,(H,19,20)(H,21,22). The van der Waals surface area contributed by atoms with E-state index < -0.39 is 11.9 Å². The summed E-state index contributed by atoms with van der Waals surface area (Å²) in [5.74, 6) is -2.50. The zero-order chi connectivity index (χ0) is 15.9. The van der Waals surface area contributed by atoms with Crippen LogP contribution in [0.15, 0.2) is 24.3 Å². The van der Waals surface area contributed by atoms with E-state index in [4.69, 9.17) is 5.11 Å². The molecule has 1 aromatic heterocycles. The topological polar surface area (TPSA) is 109 Å². The molecule has 2 aromatic rings. The van der Waals surface area contributed by atoms with Crippen LogP contribution in [0.3, 0.4) is 0 Å². The number of carboxylic acid groups (broad SMARTS) is 2. The first kappa shape index (κ1) is 14.0. The summed E-state index contributed by atoms with van der Waals surface area (Å²) in [5.41, 5.74) is 1.14. The molecule has 0 aliphatic heterocycles. The van der Waals surface area contributed by atoms with Gasteiger partial charge in [-0.2, -0.15) is 5.10 Å². The monoisotopic (exact) mass is 300 g/mol. The van der Waals surface area contributed by atoms with Crippen molar-refractivity contribution in [2.75, 3.05) is 0 Å². The summed E-state index contributed by atoms with van der Waals surface area (Å²) >= 11 is 0. The fourth-order valence-corrected chi connectivity index (χ4v) is 2.63. The number of carboxylic acids is 2. The van der Waals surface area contributed by atoms with Gasteiger partial charge in [0.05, 0.1) is 22.5 Å². The van der Waals surface area contributed by atoms with Gasteiger partial charge in [0.15, 0.2) is 11.5 Å². The Morgan fingerprint density at radius 3 is 2.32 bits per heavy atom. The van der Waals surface area contributed by atoms with Crippen molar-refractivity contribution >= 4 is 17.7 Å². The van der Waals surface area contributed by atoms with Crippen LogP contribution in [-0.2, 0) is 6.42 Å². The van der Waals surface area contributed by atoms with Crippen LogP contribution in [-0.4, -0.2) is 37.7 Å². The smallest absolute Gasteiger partial charge is 0.357 e. The third-order valence-electron chi connectivity index (χ3n) is 3.64. The van der Waals surface area contributed by atoms with E-state index in [0.717, 1.165) is 0 Å². The summed E-state index contributed by atoms with van der Waals surface area (Å²) in [6.45, 7) is 0. The molecule has 0 radical (unpaired) electrons. The first-order valence-corrected chi connectivity index (χ1v) is 6.71. The Morgan fingerprint density at radius 1 is 1.05 bits per heavy atom. The van der Waals surface area contributed by atoms with Crippen LogP contribution in [0.25, 0.3) is 5.69 Å². The van der Waals surface area contributed by atoms with Crippen LogP contribution in [0.5, 0.6) is 0 Å². The predicted octanol–water partition coefficient (Wildman–Crippen LogP) is 1.79. The Kier molecular flexibility index (Phi) is 3.25. The molecule has 7 nitrogen and oxygen atoms in total. The summed E-state index contributed by atoms with van der Waals surface area (Å²) in [7, 11) is 0. The Bertz CT molecular complexity index is 789. The largest absolute Gasteiger partial charge is 0.478 e. The number of benzene rings is 1. The van der Waals surface area contributed by atoms with Crippen LogP contribution in [0.4, 0.5) is 0 Å². The van der Waals surface area contributed by atoms with Gasteiger partial charge in [-0.15, -0.1) is 0 Å². The maximum atomic E-state index is 12.0. The number of aromatic carboxylic acids is 2. The van der Waals surface area contributed by atoms with E-state index in [-0.39, 0.29) is 22.6 Å². The zero-order valence-electron chi connectivity index (χ0n) is 11.4. The summed E-state index contributed by atoms with van der Waals surface area (Å²) in [6, 6.07) is 5.91. The van der Waals surface area contributed by atoms with Gasteiger partial charge >= 0.3 is 11.9 Å². The van der Waals surface area contributed by atoms with E-state index in [2.05, 4.69) is 5.10 Å². The first-order valence-electron chi connectivity index (χ1n) is 6.71. The molecule has 112 valence electrons. The Morgan fingerprint density at radius 2 is 1.73 bits per heavy atom. The molecular formula is C15H12N2O5. The molecule has 0 fully saturated rings. The maximum Gasteiger partial charge on any atom is 0.357 e. The van der Waals surface area contributed by atoms with Crippen molar-refractivity contribution in [3.8, 4) is 5.69 Å². The molecule has 0 bridgehead atoms. The number of nitrogens with zero attached hydrogens (tertiary/aromatic N) is 2. The second-order valence-corrected chi connectivity index (χ2v) is 5.02. The van der Waals surface area contributed by atoms with Gasteiger partial charge in [0, 0.05) is 6.42 Å². The third-order valence-corrected chi connectivity index (χ3v) is 3.64. The molecule has 2 N–H and O–H groups in total. The molecule has 7 heteroatoms. The van der Waals surface area contributed by atoms with Crippen molar-refractivity contribution in [2.24, 2.45) is 0 Å². The van der Waals surface area contributed by atoms with Crippen LogP contribution in [0.2, 0.25) is 0 Å². The predicted molar refractivity (Wildman–Crippen MR) is 74.8 cm³/mol. The van der Waals surface area contributed by atoms with Gasteiger partial charge in [-0.25, -0.2) is 14.3 Å². The molecule has 3 rings (SSSR count). The summed E-state index contributed by atoms with van der Waals surface area (Å²) in [5, 5.41) is 22.2. The van der Waals surface area contributed by atoms with E-state index >= 15 is 0 Å². The minimum Gasteiger partial charge on any atom is -0.478 e. The van der Waals surface area contributed by atoms with Gasteiger partial charge < -0.3 is 10.2 Å². The fraction of sp³-hybridized carbons (Fsp3) is 0.200. The summed E-state index contributed by atoms with van der Waals surface area (Å²) in [4.78, 5) is 34.2. The summed E-state index contributed by atoms with van der Waals surface area (Å²) < 4.78 is 1.42. The lowest BCUT2D eigenvalue weighted by Crippen LogP contribution is -2.14. The average molecular weight is 300 g/mol. The highest BCUT2D eigenvalue weighted by molar-refractivity contribution is 6.06. The fourth-order valence-electron chi connectivity index (χ4n) is 2.63. The van der Waals surface area contributed by atoms with Gasteiger partial charge in [0.1, 0.15) is 0 Å². The summed E-state index contributed by atoms with van der Waals surface area (Å²) in [6.07, 6.45) is 1.52. The van der Waals surface area contributed by atoms with Gasteiger partial charge in [0.2, 0.25) is 0 Å². The molecule has 0 amide bonds. The lowest BCUT2D eigenvalue weighted by atomic mass is 9.94. The quantitative estimate of drug-likeness (QED) is 0.894. The van der Waals surface area contributed by atoms with Crippen molar-refractivity contribution in [2.45, 2.75) is 19.3 Å². The molecule has 0 saturated carbocycles. The highest BCUT2D eigenvalue weighted by atomic mass is 16.4. The minimum atomic E-state index is -1.24. The minimum absolute atomic E-state index is 0.124. The van der Waals surface area contributed by atoms with Crippen LogP contribution < -0.4 is 0 Å². The molecule has 22 heavy (non-hydrogen) atoms. The van der Waals surface area contributed by atoms with Gasteiger partial charge in [-0.1, -0.05) is 0 Å². The van der Waals surface area contributed by atoms with E-state index in [1.54, 1.807) is 12.1 Å². The Labute approximate surface area is 124 Å². The number of fused-ring (bicyclic) bond motifs is 1. The maximum absolute atomic E-state index is 12.0. The lowest BCUT2D eigenvalue weighted by molar-refractivity contribution is 0.0679. The zero-order valence-corrected chi connectivity index (χ0v) is 11.4. The lowest BCUT2D eigenvalue weighted by Gasteiger charge is -2.13. The SMILES string of the molecule is O=C(O)c1ccc(-n2nc(C(=O)O)c3c2CCCC3=O)cc1. The van der Waals surface area contributed by atoms with Crippen molar-refractivity contribution in [1.29, 1.82) is 0 Å². The highest BCUT2D eigenvalue weighted by Crippen LogP contribution is 2.27. The number of carbonyl (C=O) groups excluding carboxylic acids is 1. The van der Waals surface area contributed by atoms with Crippen molar-refractivity contribution in [3.63, 3.8) is 0 Å². The van der Waals surface area contributed by atoms with Crippen molar-refractivity contribution in [1.82, 2.24) is 9.78 Å². The Hall–Kier alpha value is -2.96. The van der Waals surface area contributed by atoms with E-state index in [1.807, 2.05) is 0 Å². The number of rotatable bonds is 3.